The molecule has 7 heteroatoms. The highest BCUT2D eigenvalue weighted by atomic mass is 16.6. The fourth-order valence-corrected chi connectivity index (χ4v) is 2.20. The number of carbonyl (C=O) groups excluding carboxylic acids is 1. The molecule has 3 N–H and O–H groups in total. The molecule has 0 aliphatic carbocycles. The van der Waals surface area contributed by atoms with Gasteiger partial charge >= 0.3 is 5.97 Å². The highest BCUT2D eigenvalue weighted by Crippen LogP contribution is 2.22. The number of hydrogen-bond acceptors (Lipinski definition) is 7. The molecule has 1 heterocycles. The van der Waals surface area contributed by atoms with Gasteiger partial charge in [0.25, 0.3) is 0 Å². The van der Waals surface area contributed by atoms with Crippen molar-refractivity contribution in [3.05, 3.63) is 35.9 Å². The fourth-order valence-electron chi connectivity index (χ4n) is 2.20. The molecule has 23 heavy (non-hydrogen) atoms. The first-order valence-corrected chi connectivity index (χ1v) is 7.15. The topological polar surface area (TPSA) is 105 Å². The van der Waals surface area contributed by atoms with Crippen molar-refractivity contribution in [1.82, 2.24) is 0 Å². The Morgan fingerprint density at radius 3 is 2.43 bits per heavy atom. The van der Waals surface area contributed by atoms with Crippen LogP contribution in [0.5, 0.6) is 5.75 Å². The summed E-state index contributed by atoms with van der Waals surface area (Å²) in [6, 6.07) is 7.00. The molecular weight excluding hydrogens is 304 g/mol. The van der Waals surface area contributed by atoms with Gasteiger partial charge in [-0.3, -0.25) is 0 Å². The van der Waals surface area contributed by atoms with Crippen LogP contribution in [0.2, 0.25) is 0 Å². The zero-order valence-electron chi connectivity index (χ0n) is 12.8. The van der Waals surface area contributed by atoms with E-state index in [1.807, 2.05) is 0 Å². The summed E-state index contributed by atoms with van der Waals surface area (Å²) < 4.78 is 15.0. The molecule has 0 amide bonds. The lowest BCUT2D eigenvalue weighted by Gasteiger charge is -2.38. The standard InChI is InChI=1S/C16H20O7/c1-9-13(18)15(14(19)16(20)22-9)23-12(17)8-5-10-3-6-11(21-2)7-4-10/h3-9,13-16,18-20H,1-2H3/t9-,13-,14+,15+,16+/m0/s1. The third-order valence-electron chi connectivity index (χ3n) is 3.58. The molecule has 2 rings (SSSR count). The number of benzene rings is 1. The maximum atomic E-state index is 11.8. The summed E-state index contributed by atoms with van der Waals surface area (Å²) in [5.41, 5.74) is 0.754. The summed E-state index contributed by atoms with van der Waals surface area (Å²) in [5, 5.41) is 29.2. The van der Waals surface area contributed by atoms with E-state index in [1.165, 1.54) is 19.1 Å². The predicted octanol–water partition coefficient (Wildman–Crippen LogP) is 0.0791. The van der Waals surface area contributed by atoms with Crippen LogP contribution in [0.15, 0.2) is 30.3 Å². The van der Waals surface area contributed by atoms with Crippen LogP contribution >= 0.6 is 0 Å². The summed E-state index contributed by atoms with van der Waals surface area (Å²) in [4.78, 5) is 11.8. The van der Waals surface area contributed by atoms with Gasteiger partial charge in [0.2, 0.25) is 0 Å². The van der Waals surface area contributed by atoms with Crippen LogP contribution in [0.4, 0.5) is 0 Å². The summed E-state index contributed by atoms with van der Waals surface area (Å²) >= 11 is 0. The van der Waals surface area contributed by atoms with E-state index in [2.05, 4.69) is 0 Å². The van der Waals surface area contributed by atoms with Crippen molar-refractivity contribution in [3.63, 3.8) is 0 Å². The number of hydrogen-bond donors (Lipinski definition) is 3. The Hall–Kier alpha value is -1.93. The molecule has 7 nitrogen and oxygen atoms in total. The van der Waals surface area contributed by atoms with Gasteiger partial charge in [0.05, 0.1) is 13.2 Å². The molecule has 126 valence electrons. The summed E-state index contributed by atoms with van der Waals surface area (Å²) in [7, 11) is 1.56. The molecule has 0 radical (unpaired) electrons. The van der Waals surface area contributed by atoms with Gasteiger partial charge in [-0.25, -0.2) is 4.79 Å². The van der Waals surface area contributed by atoms with Gasteiger partial charge in [0.1, 0.15) is 18.0 Å². The summed E-state index contributed by atoms with van der Waals surface area (Å²) in [5.74, 6) is -0.0497. The van der Waals surface area contributed by atoms with Gasteiger partial charge in [0.15, 0.2) is 12.4 Å². The molecule has 0 spiro atoms. The zero-order valence-corrected chi connectivity index (χ0v) is 12.8. The Balaban J connectivity index is 1.98. The minimum Gasteiger partial charge on any atom is -0.497 e. The van der Waals surface area contributed by atoms with Gasteiger partial charge < -0.3 is 29.5 Å². The van der Waals surface area contributed by atoms with Crippen molar-refractivity contribution in [2.45, 2.75) is 37.6 Å². The quantitative estimate of drug-likeness (QED) is 0.532. The van der Waals surface area contributed by atoms with E-state index >= 15 is 0 Å². The minimum atomic E-state index is -1.52. The number of aliphatic hydroxyl groups excluding tert-OH is 3. The first-order chi connectivity index (χ1) is 10.9. The van der Waals surface area contributed by atoms with Crippen LogP contribution in [0.25, 0.3) is 6.08 Å². The Morgan fingerprint density at radius 1 is 1.17 bits per heavy atom. The number of carbonyl (C=O) groups is 1. The third kappa shape index (κ3) is 4.29. The fraction of sp³-hybridized carbons (Fsp3) is 0.438. The van der Waals surface area contributed by atoms with Crippen molar-refractivity contribution in [2.24, 2.45) is 0 Å². The number of methoxy groups -OCH3 is 1. The SMILES string of the molecule is COc1ccc(C=CC(=O)O[C@@H]2[C@@H](O)[C@H](C)O[C@@H](O)[C@@H]2O)cc1. The smallest absolute Gasteiger partial charge is 0.331 e. The molecular formula is C16H20O7. The van der Waals surface area contributed by atoms with E-state index < -0.39 is 36.7 Å². The number of rotatable bonds is 4. The second-order valence-corrected chi connectivity index (χ2v) is 5.22. The van der Waals surface area contributed by atoms with E-state index in [1.54, 1.807) is 31.4 Å². The Kier molecular flexibility index (Phi) is 5.73. The first kappa shape index (κ1) is 17.4. The summed E-state index contributed by atoms with van der Waals surface area (Å²) in [6.45, 7) is 1.51. The molecule has 0 bridgehead atoms. The van der Waals surface area contributed by atoms with Crippen LogP contribution in [0, 0.1) is 0 Å². The van der Waals surface area contributed by atoms with Gasteiger partial charge in [0, 0.05) is 6.08 Å². The molecule has 0 unspecified atom stereocenters. The predicted molar refractivity (Wildman–Crippen MR) is 80.5 cm³/mol. The molecule has 1 fully saturated rings. The van der Waals surface area contributed by atoms with Crippen molar-refractivity contribution in [1.29, 1.82) is 0 Å². The average molecular weight is 324 g/mol. The molecule has 0 saturated carbocycles. The highest BCUT2D eigenvalue weighted by Gasteiger charge is 2.44. The van der Waals surface area contributed by atoms with E-state index in [-0.39, 0.29) is 0 Å². The number of esters is 1. The van der Waals surface area contributed by atoms with Crippen molar-refractivity contribution in [3.8, 4) is 5.75 Å². The van der Waals surface area contributed by atoms with Gasteiger partial charge in [-0.1, -0.05) is 12.1 Å². The molecule has 1 aliphatic heterocycles. The first-order valence-electron chi connectivity index (χ1n) is 7.15. The average Bonchev–Trinajstić information content (AvgIpc) is 2.55. The Bertz CT molecular complexity index is 540. The van der Waals surface area contributed by atoms with Gasteiger partial charge in [-0.05, 0) is 30.7 Å². The molecule has 5 atom stereocenters. The number of ether oxygens (including phenoxy) is 3. The largest absolute Gasteiger partial charge is 0.497 e. The van der Waals surface area contributed by atoms with Crippen LogP contribution in [-0.2, 0) is 14.3 Å². The lowest BCUT2D eigenvalue weighted by molar-refractivity contribution is -0.280. The van der Waals surface area contributed by atoms with Crippen molar-refractivity contribution < 1.29 is 34.3 Å². The Morgan fingerprint density at radius 2 is 1.83 bits per heavy atom. The van der Waals surface area contributed by atoms with E-state index in [0.29, 0.717) is 5.75 Å². The lowest BCUT2D eigenvalue weighted by Crippen LogP contribution is -2.58. The van der Waals surface area contributed by atoms with E-state index in [4.69, 9.17) is 14.2 Å². The van der Waals surface area contributed by atoms with Crippen LogP contribution in [-0.4, -0.2) is 59.1 Å². The monoisotopic (exact) mass is 324 g/mol. The molecule has 1 saturated heterocycles. The van der Waals surface area contributed by atoms with Crippen LogP contribution in [0.3, 0.4) is 0 Å². The van der Waals surface area contributed by atoms with Gasteiger partial charge in [-0.15, -0.1) is 0 Å². The lowest BCUT2D eigenvalue weighted by atomic mass is 10.00. The molecule has 1 aliphatic rings. The maximum absolute atomic E-state index is 11.8. The van der Waals surface area contributed by atoms with Crippen molar-refractivity contribution in [2.75, 3.05) is 7.11 Å². The molecule has 1 aromatic rings. The number of aliphatic hydroxyl groups is 3. The van der Waals surface area contributed by atoms with Crippen LogP contribution < -0.4 is 4.74 Å². The second kappa shape index (κ2) is 7.56. The minimum absolute atomic E-state index is 0.696. The highest BCUT2D eigenvalue weighted by molar-refractivity contribution is 5.87. The van der Waals surface area contributed by atoms with E-state index in [0.717, 1.165) is 5.56 Å². The van der Waals surface area contributed by atoms with Gasteiger partial charge in [-0.2, -0.15) is 0 Å². The third-order valence-corrected chi connectivity index (χ3v) is 3.58. The summed E-state index contributed by atoms with van der Waals surface area (Å²) in [6.07, 6.45) is -3.59. The second-order valence-electron chi connectivity index (χ2n) is 5.22. The Labute approximate surface area is 133 Å². The zero-order chi connectivity index (χ0) is 17.0. The van der Waals surface area contributed by atoms with Crippen LogP contribution in [0.1, 0.15) is 12.5 Å². The molecule has 0 aromatic heterocycles. The maximum Gasteiger partial charge on any atom is 0.331 e. The molecule has 1 aromatic carbocycles. The van der Waals surface area contributed by atoms with E-state index in [9.17, 15) is 20.1 Å². The normalized spacial score (nSPS) is 31.1. The van der Waals surface area contributed by atoms with Crippen molar-refractivity contribution >= 4 is 12.0 Å².